The van der Waals surface area contributed by atoms with Gasteiger partial charge in [-0.25, -0.2) is 0 Å². The summed E-state index contributed by atoms with van der Waals surface area (Å²) in [6, 6.07) is 8.08. The summed E-state index contributed by atoms with van der Waals surface area (Å²) in [5.41, 5.74) is 1.33. The van der Waals surface area contributed by atoms with E-state index in [1.165, 1.54) is 5.56 Å². The molecule has 1 aliphatic heterocycles. The lowest BCUT2D eigenvalue weighted by Crippen LogP contribution is -2.29. The summed E-state index contributed by atoms with van der Waals surface area (Å²) in [5, 5.41) is 0.800. The normalized spacial score (nSPS) is 26.5. The van der Waals surface area contributed by atoms with Crippen molar-refractivity contribution in [3.05, 3.63) is 34.9 Å². The van der Waals surface area contributed by atoms with Gasteiger partial charge in [-0.05, 0) is 36.5 Å². The van der Waals surface area contributed by atoms with Gasteiger partial charge in [0.1, 0.15) is 0 Å². The molecule has 0 saturated carbocycles. The molecule has 1 nitrogen and oxygen atoms in total. The summed E-state index contributed by atoms with van der Waals surface area (Å²) in [6.07, 6.45) is 2.17. The number of rotatable bonds is 2. The smallest absolute Gasteiger partial charge is 0.0508 e. The van der Waals surface area contributed by atoms with Gasteiger partial charge >= 0.3 is 0 Å². The van der Waals surface area contributed by atoms with E-state index in [1.807, 2.05) is 12.1 Å². The van der Waals surface area contributed by atoms with Crippen molar-refractivity contribution in [2.45, 2.75) is 17.7 Å². The van der Waals surface area contributed by atoms with Crippen molar-refractivity contribution in [1.82, 2.24) is 0 Å². The van der Waals surface area contributed by atoms with Gasteiger partial charge in [-0.15, -0.1) is 0 Å². The van der Waals surface area contributed by atoms with Crippen molar-refractivity contribution in [1.29, 1.82) is 0 Å². The number of hydrogen-bond donors (Lipinski definition) is 0. The molecule has 0 aliphatic carbocycles. The minimum atomic E-state index is 0.583. The molecule has 15 heavy (non-hydrogen) atoms. The third-order valence-corrected chi connectivity index (χ3v) is 4.25. The van der Waals surface area contributed by atoms with Gasteiger partial charge in [0.15, 0.2) is 0 Å². The van der Waals surface area contributed by atoms with E-state index in [2.05, 4.69) is 28.1 Å². The van der Waals surface area contributed by atoms with Crippen molar-refractivity contribution in [3.63, 3.8) is 0 Å². The average molecular weight is 290 g/mol. The Morgan fingerprint density at radius 2 is 2.07 bits per heavy atom. The first kappa shape index (κ1) is 11.4. The largest absolute Gasteiger partial charge is 0.381 e. The maximum absolute atomic E-state index is 5.85. The van der Waals surface area contributed by atoms with Gasteiger partial charge in [0, 0.05) is 16.5 Å². The lowest BCUT2D eigenvalue weighted by Gasteiger charge is -2.27. The van der Waals surface area contributed by atoms with Gasteiger partial charge in [0.2, 0.25) is 0 Å². The monoisotopic (exact) mass is 288 g/mol. The van der Waals surface area contributed by atoms with Crippen LogP contribution in [0.4, 0.5) is 0 Å². The van der Waals surface area contributed by atoms with E-state index in [4.69, 9.17) is 16.3 Å². The summed E-state index contributed by atoms with van der Waals surface area (Å²) in [7, 11) is 0. The number of hydrogen-bond acceptors (Lipinski definition) is 1. The molecule has 1 aromatic rings. The van der Waals surface area contributed by atoms with Gasteiger partial charge in [-0.1, -0.05) is 39.7 Å². The molecule has 2 unspecified atom stereocenters. The molecular formula is C12H14BrClO. The van der Waals surface area contributed by atoms with E-state index in [-0.39, 0.29) is 0 Å². The van der Waals surface area contributed by atoms with Crippen LogP contribution < -0.4 is 0 Å². The highest BCUT2D eigenvalue weighted by Crippen LogP contribution is 2.25. The highest BCUT2D eigenvalue weighted by atomic mass is 79.9. The van der Waals surface area contributed by atoms with Gasteiger partial charge < -0.3 is 4.74 Å². The third kappa shape index (κ3) is 3.20. The quantitative estimate of drug-likeness (QED) is 0.755. The molecule has 0 amide bonds. The molecule has 1 saturated heterocycles. The molecule has 0 N–H and O–H groups in total. The van der Waals surface area contributed by atoms with Crippen molar-refractivity contribution in [3.8, 4) is 0 Å². The molecule has 0 bridgehead atoms. The van der Waals surface area contributed by atoms with Crippen molar-refractivity contribution in [2.75, 3.05) is 13.2 Å². The van der Waals surface area contributed by atoms with E-state index in [9.17, 15) is 0 Å². The highest BCUT2D eigenvalue weighted by Gasteiger charge is 2.23. The maximum atomic E-state index is 5.85. The first-order chi connectivity index (χ1) is 7.25. The summed E-state index contributed by atoms with van der Waals surface area (Å²) in [4.78, 5) is 0.585. The Morgan fingerprint density at radius 1 is 1.33 bits per heavy atom. The second-order valence-electron chi connectivity index (χ2n) is 3.97. The lowest BCUT2D eigenvalue weighted by molar-refractivity contribution is 0.0605. The van der Waals surface area contributed by atoms with Crippen LogP contribution in [0.15, 0.2) is 24.3 Å². The average Bonchev–Trinajstić information content (AvgIpc) is 2.25. The topological polar surface area (TPSA) is 9.23 Å². The maximum Gasteiger partial charge on any atom is 0.0508 e. The zero-order valence-electron chi connectivity index (χ0n) is 8.46. The van der Waals surface area contributed by atoms with E-state index in [1.54, 1.807) is 0 Å². The molecule has 3 heteroatoms. The Hall–Kier alpha value is -0.0500. The number of halogens is 2. The zero-order chi connectivity index (χ0) is 10.7. The van der Waals surface area contributed by atoms with Crippen molar-refractivity contribution < 1.29 is 4.74 Å². The van der Waals surface area contributed by atoms with Crippen LogP contribution in [0.3, 0.4) is 0 Å². The first-order valence-corrected chi connectivity index (χ1v) is 6.51. The second kappa shape index (κ2) is 5.33. The molecule has 1 aliphatic rings. The Kier molecular flexibility index (Phi) is 4.06. The standard InChI is InChI=1S/C12H14BrClO/c13-12-5-6-15-8-10(12)7-9-1-3-11(14)4-2-9/h1-4,10,12H,5-8H2. The molecule has 82 valence electrons. The van der Waals surface area contributed by atoms with Crippen LogP contribution in [-0.2, 0) is 11.2 Å². The minimum absolute atomic E-state index is 0.583. The zero-order valence-corrected chi connectivity index (χ0v) is 10.8. The lowest BCUT2D eigenvalue weighted by atomic mass is 9.94. The van der Waals surface area contributed by atoms with Crippen LogP contribution >= 0.6 is 27.5 Å². The van der Waals surface area contributed by atoms with Gasteiger partial charge in [-0.2, -0.15) is 0 Å². The van der Waals surface area contributed by atoms with E-state index in [0.717, 1.165) is 31.1 Å². The van der Waals surface area contributed by atoms with Crippen LogP contribution in [0.25, 0.3) is 0 Å². The molecule has 1 heterocycles. The Labute approximate surface area is 104 Å². The summed E-state index contributed by atoms with van der Waals surface area (Å²) in [5.74, 6) is 0.583. The fourth-order valence-corrected chi connectivity index (χ4v) is 2.53. The van der Waals surface area contributed by atoms with Crippen molar-refractivity contribution >= 4 is 27.5 Å². The molecule has 0 aromatic heterocycles. The minimum Gasteiger partial charge on any atom is -0.381 e. The SMILES string of the molecule is Clc1ccc(CC2COCCC2Br)cc1. The summed E-state index contributed by atoms with van der Waals surface area (Å²) < 4.78 is 5.49. The first-order valence-electron chi connectivity index (χ1n) is 5.22. The van der Waals surface area contributed by atoms with Crippen LogP contribution in [0.5, 0.6) is 0 Å². The molecular weight excluding hydrogens is 275 g/mol. The Morgan fingerprint density at radius 3 is 2.73 bits per heavy atom. The van der Waals surface area contributed by atoms with Gasteiger partial charge in [-0.3, -0.25) is 0 Å². The Balaban J connectivity index is 1.98. The predicted molar refractivity (Wildman–Crippen MR) is 66.8 cm³/mol. The van der Waals surface area contributed by atoms with Gasteiger partial charge in [0.25, 0.3) is 0 Å². The molecule has 0 spiro atoms. The Bertz CT molecular complexity index is 312. The van der Waals surface area contributed by atoms with Crippen molar-refractivity contribution in [2.24, 2.45) is 5.92 Å². The molecule has 2 rings (SSSR count). The third-order valence-electron chi connectivity index (χ3n) is 2.79. The predicted octanol–water partition coefficient (Wildman–Crippen LogP) is 3.68. The van der Waals surface area contributed by atoms with Gasteiger partial charge in [0.05, 0.1) is 6.61 Å². The molecule has 2 atom stereocenters. The van der Waals surface area contributed by atoms with E-state index in [0.29, 0.717) is 10.7 Å². The number of alkyl halides is 1. The second-order valence-corrected chi connectivity index (χ2v) is 5.58. The number of ether oxygens (including phenoxy) is 1. The highest BCUT2D eigenvalue weighted by molar-refractivity contribution is 9.09. The van der Waals surface area contributed by atoms with E-state index >= 15 is 0 Å². The molecule has 1 fully saturated rings. The van der Waals surface area contributed by atoms with Crippen LogP contribution in [-0.4, -0.2) is 18.0 Å². The molecule has 0 radical (unpaired) electrons. The van der Waals surface area contributed by atoms with Crippen LogP contribution in [0.2, 0.25) is 5.02 Å². The number of benzene rings is 1. The summed E-state index contributed by atoms with van der Waals surface area (Å²) in [6.45, 7) is 1.74. The van der Waals surface area contributed by atoms with E-state index < -0.39 is 0 Å². The molecule has 1 aromatic carbocycles. The fraction of sp³-hybridized carbons (Fsp3) is 0.500. The van der Waals surface area contributed by atoms with Crippen LogP contribution in [0.1, 0.15) is 12.0 Å². The summed E-state index contributed by atoms with van der Waals surface area (Å²) >= 11 is 9.57. The van der Waals surface area contributed by atoms with Crippen LogP contribution in [0, 0.1) is 5.92 Å². The fourth-order valence-electron chi connectivity index (χ4n) is 1.88.